The SMILES string of the molecule is COCCN1CC(C(=O)NCCC2CCCNC2)CC1=O.Cl. The van der Waals surface area contributed by atoms with Crippen molar-refractivity contribution in [2.24, 2.45) is 11.8 Å². The van der Waals surface area contributed by atoms with Crippen molar-refractivity contribution in [2.45, 2.75) is 25.7 Å². The number of nitrogens with one attached hydrogen (secondary N) is 2. The fourth-order valence-electron chi connectivity index (χ4n) is 3.08. The van der Waals surface area contributed by atoms with Crippen molar-refractivity contribution in [3.05, 3.63) is 0 Å². The number of nitrogens with zero attached hydrogens (tertiary/aromatic N) is 1. The minimum Gasteiger partial charge on any atom is -0.383 e. The fraction of sp³-hybridized carbons (Fsp3) is 0.867. The van der Waals surface area contributed by atoms with E-state index in [0.29, 0.717) is 38.6 Å². The summed E-state index contributed by atoms with van der Waals surface area (Å²) in [5, 5.41) is 6.38. The van der Waals surface area contributed by atoms with Crippen LogP contribution in [0, 0.1) is 11.8 Å². The summed E-state index contributed by atoms with van der Waals surface area (Å²) in [6, 6.07) is 0. The van der Waals surface area contributed by atoms with E-state index in [-0.39, 0.29) is 30.1 Å². The summed E-state index contributed by atoms with van der Waals surface area (Å²) in [7, 11) is 1.62. The number of carbonyl (C=O) groups is 2. The van der Waals surface area contributed by atoms with Crippen molar-refractivity contribution in [3.8, 4) is 0 Å². The van der Waals surface area contributed by atoms with Gasteiger partial charge in [-0.15, -0.1) is 12.4 Å². The average molecular weight is 334 g/mol. The van der Waals surface area contributed by atoms with Gasteiger partial charge >= 0.3 is 0 Å². The Kier molecular flexibility index (Phi) is 8.75. The lowest BCUT2D eigenvalue weighted by Crippen LogP contribution is -2.36. The van der Waals surface area contributed by atoms with Crippen molar-refractivity contribution in [1.82, 2.24) is 15.5 Å². The van der Waals surface area contributed by atoms with Crippen LogP contribution in [0.2, 0.25) is 0 Å². The van der Waals surface area contributed by atoms with E-state index in [1.54, 1.807) is 12.0 Å². The van der Waals surface area contributed by atoms with E-state index < -0.39 is 0 Å². The van der Waals surface area contributed by atoms with Crippen molar-refractivity contribution in [1.29, 1.82) is 0 Å². The molecule has 22 heavy (non-hydrogen) atoms. The van der Waals surface area contributed by atoms with Crippen LogP contribution in [0.4, 0.5) is 0 Å². The molecule has 2 rings (SSSR count). The topological polar surface area (TPSA) is 70.7 Å². The smallest absolute Gasteiger partial charge is 0.225 e. The molecule has 7 heteroatoms. The van der Waals surface area contributed by atoms with E-state index >= 15 is 0 Å². The summed E-state index contributed by atoms with van der Waals surface area (Å²) in [6.07, 6.45) is 3.83. The number of methoxy groups -OCH3 is 1. The van der Waals surface area contributed by atoms with Gasteiger partial charge in [-0.2, -0.15) is 0 Å². The minimum absolute atomic E-state index is 0. The van der Waals surface area contributed by atoms with E-state index in [2.05, 4.69) is 10.6 Å². The normalized spacial score (nSPS) is 25.0. The predicted molar refractivity (Wildman–Crippen MR) is 87.0 cm³/mol. The number of likely N-dealkylation sites (tertiary alicyclic amines) is 1. The second-order valence-corrected chi connectivity index (χ2v) is 6.03. The third-order valence-electron chi connectivity index (χ3n) is 4.40. The maximum atomic E-state index is 12.1. The fourth-order valence-corrected chi connectivity index (χ4v) is 3.08. The Morgan fingerprint density at radius 1 is 1.50 bits per heavy atom. The quantitative estimate of drug-likeness (QED) is 0.708. The molecule has 2 fully saturated rings. The lowest BCUT2D eigenvalue weighted by molar-refractivity contribution is -0.129. The Bertz CT molecular complexity index is 362. The zero-order chi connectivity index (χ0) is 15.1. The first kappa shape index (κ1) is 19.2. The molecule has 2 aliphatic heterocycles. The second-order valence-electron chi connectivity index (χ2n) is 6.03. The molecule has 0 aromatic rings. The van der Waals surface area contributed by atoms with Crippen LogP contribution in [0.25, 0.3) is 0 Å². The van der Waals surface area contributed by atoms with Gasteiger partial charge in [-0.25, -0.2) is 0 Å². The standard InChI is InChI=1S/C15H27N3O3.ClH/c1-21-8-7-18-11-13(9-14(18)19)15(20)17-6-4-12-3-2-5-16-10-12;/h12-13,16H,2-11H2,1H3,(H,17,20);1H. The van der Waals surface area contributed by atoms with Gasteiger partial charge in [0.15, 0.2) is 0 Å². The van der Waals surface area contributed by atoms with Gasteiger partial charge in [-0.1, -0.05) is 0 Å². The van der Waals surface area contributed by atoms with Crippen LogP contribution >= 0.6 is 12.4 Å². The van der Waals surface area contributed by atoms with Gasteiger partial charge in [0.1, 0.15) is 0 Å². The summed E-state index contributed by atoms with van der Waals surface area (Å²) < 4.78 is 4.98. The highest BCUT2D eigenvalue weighted by Crippen LogP contribution is 2.18. The van der Waals surface area contributed by atoms with Crippen LogP contribution < -0.4 is 10.6 Å². The first-order valence-electron chi connectivity index (χ1n) is 7.96. The lowest BCUT2D eigenvalue weighted by Gasteiger charge is -2.23. The summed E-state index contributed by atoms with van der Waals surface area (Å²) in [6.45, 7) is 4.52. The molecule has 128 valence electrons. The van der Waals surface area contributed by atoms with Gasteiger partial charge in [-0.3, -0.25) is 9.59 Å². The largest absolute Gasteiger partial charge is 0.383 e. The number of hydrogen-bond acceptors (Lipinski definition) is 4. The number of amides is 2. The Balaban J connectivity index is 0.00000242. The summed E-state index contributed by atoms with van der Waals surface area (Å²) in [5.74, 6) is 0.553. The molecule has 6 nitrogen and oxygen atoms in total. The molecular formula is C15H28ClN3O3. The monoisotopic (exact) mass is 333 g/mol. The number of ether oxygens (including phenoxy) is 1. The lowest BCUT2D eigenvalue weighted by atomic mass is 9.96. The van der Waals surface area contributed by atoms with E-state index in [4.69, 9.17) is 4.74 Å². The maximum Gasteiger partial charge on any atom is 0.225 e. The highest BCUT2D eigenvalue weighted by atomic mass is 35.5. The summed E-state index contributed by atoms with van der Waals surface area (Å²) in [4.78, 5) is 25.6. The molecule has 2 amide bonds. The molecule has 0 bridgehead atoms. The Morgan fingerprint density at radius 2 is 2.32 bits per heavy atom. The highest BCUT2D eigenvalue weighted by Gasteiger charge is 2.33. The Morgan fingerprint density at radius 3 is 3.00 bits per heavy atom. The van der Waals surface area contributed by atoms with Gasteiger partial charge in [0.25, 0.3) is 0 Å². The zero-order valence-electron chi connectivity index (χ0n) is 13.3. The van der Waals surface area contributed by atoms with Crippen LogP contribution in [0.3, 0.4) is 0 Å². The predicted octanol–water partition coefficient (Wildman–Crippen LogP) is 0.409. The van der Waals surface area contributed by atoms with Crippen LogP contribution in [-0.2, 0) is 14.3 Å². The van der Waals surface area contributed by atoms with Crippen LogP contribution in [0.5, 0.6) is 0 Å². The molecule has 0 spiro atoms. The van der Waals surface area contributed by atoms with Gasteiger partial charge in [0, 0.05) is 33.2 Å². The average Bonchev–Trinajstić information content (AvgIpc) is 2.87. The number of halogens is 1. The number of hydrogen-bond donors (Lipinski definition) is 2. The van der Waals surface area contributed by atoms with Gasteiger partial charge < -0.3 is 20.3 Å². The van der Waals surface area contributed by atoms with Crippen LogP contribution in [-0.4, -0.2) is 63.2 Å². The third kappa shape index (κ3) is 5.74. The molecule has 0 radical (unpaired) electrons. The molecule has 2 aliphatic rings. The van der Waals surface area contributed by atoms with Crippen molar-refractivity contribution < 1.29 is 14.3 Å². The third-order valence-corrected chi connectivity index (χ3v) is 4.40. The maximum absolute atomic E-state index is 12.1. The molecule has 2 unspecified atom stereocenters. The van der Waals surface area contributed by atoms with Gasteiger partial charge in [-0.05, 0) is 38.3 Å². The molecule has 0 saturated carbocycles. The highest BCUT2D eigenvalue weighted by molar-refractivity contribution is 5.89. The number of rotatable bonds is 7. The number of piperidine rings is 1. The van der Waals surface area contributed by atoms with E-state index in [1.807, 2.05) is 0 Å². The van der Waals surface area contributed by atoms with Crippen LogP contribution in [0.1, 0.15) is 25.7 Å². The van der Waals surface area contributed by atoms with Gasteiger partial charge in [0.2, 0.25) is 11.8 Å². The Hall–Kier alpha value is -0.850. The van der Waals surface area contributed by atoms with Gasteiger partial charge in [0.05, 0.1) is 12.5 Å². The van der Waals surface area contributed by atoms with Crippen molar-refractivity contribution >= 4 is 24.2 Å². The first-order chi connectivity index (χ1) is 10.2. The molecular weight excluding hydrogens is 306 g/mol. The van der Waals surface area contributed by atoms with Crippen molar-refractivity contribution in [2.75, 3.05) is 46.4 Å². The summed E-state index contributed by atoms with van der Waals surface area (Å²) >= 11 is 0. The van der Waals surface area contributed by atoms with Crippen molar-refractivity contribution in [3.63, 3.8) is 0 Å². The molecule has 2 heterocycles. The summed E-state index contributed by atoms with van der Waals surface area (Å²) in [5.41, 5.74) is 0. The second kappa shape index (κ2) is 10.0. The Labute approximate surface area is 138 Å². The van der Waals surface area contributed by atoms with E-state index in [0.717, 1.165) is 19.5 Å². The molecule has 0 aliphatic carbocycles. The molecule has 2 atom stereocenters. The number of carbonyl (C=O) groups excluding carboxylic acids is 2. The minimum atomic E-state index is -0.196. The molecule has 2 N–H and O–H groups in total. The molecule has 2 saturated heterocycles. The molecule has 0 aromatic carbocycles. The zero-order valence-corrected chi connectivity index (χ0v) is 14.1. The first-order valence-corrected chi connectivity index (χ1v) is 7.96. The molecule has 0 aromatic heterocycles. The van der Waals surface area contributed by atoms with E-state index in [1.165, 1.54) is 12.8 Å². The van der Waals surface area contributed by atoms with E-state index in [9.17, 15) is 9.59 Å². The van der Waals surface area contributed by atoms with Crippen LogP contribution in [0.15, 0.2) is 0 Å².